The number of halogens is 1. The van der Waals surface area contributed by atoms with E-state index in [4.69, 9.17) is 16.9 Å². The van der Waals surface area contributed by atoms with Gasteiger partial charge >= 0.3 is 0 Å². The molecule has 1 aromatic carbocycles. The molecule has 5 heteroatoms. The molecule has 0 aliphatic carbocycles. The number of aromatic nitrogens is 3. The Bertz CT molecular complexity index is 590. The number of hydrogen-bond acceptors (Lipinski definition) is 3. The van der Waals surface area contributed by atoms with Gasteiger partial charge in [-0.25, -0.2) is 4.68 Å². The highest BCUT2D eigenvalue weighted by Gasteiger charge is 2.05. The normalized spacial score (nSPS) is 10.6. The minimum absolute atomic E-state index is 0.317. The Hall–Kier alpha value is -2.12. The summed E-state index contributed by atoms with van der Waals surface area (Å²) in [6.45, 7) is 0. The zero-order chi connectivity index (χ0) is 12.3. The van der Waals surface area contributed by atoms with Crippen molar-refractivity contribution in [2.45, 2.75) is 0 Å². The van der Waals surface area contributed by atoms with Crippen LogP contribution in [0.4, 0.5) is 0 Å². The van der Waals surface area contributed by atoms with E-state index in [1.807, 2.05) is 42.5 Å². The molecule has 1 heterocycles. The third kappa shape index (κ3) is 2.52. The Morgan fingerprint density at radius 1 is 1.29 bits per heavy atom. The largest absolute Gasteiger partial charge is 0.247 e. The van der Waals surface area contributed by atoms with Crippen LogP contribution in [0.25, 0.3) is 12.2 Å². The summed E-state index contributed by atoms with van der Waals surface area (Å²) in [7, 11) is 1.75. The van der Waals surface area contributed by atoms with Crippen LogP contribution in [-0.2, 0) is 7.05 Å². The molecule has 0 bridgehead atoms. The molecule has 0 fully saturated rings. The van der Waals surface area contributed by atoms with E-state index in [1.165, 1.54) is 0 Å². The summed E-state index contributed by atoms with van der Waals surface area (Å²) in [6, 6.07) is 9.42. The van der Waals surface area contributed by atoms with Crippen molar-refractivity contribution >= 4 is 23.8 Å². The molecule has 0 saturated heterocycles. The van der Waals surface area contributed by atoms with Crippen molar-refractivity contribution in [3.63, 3.8) is 0 Å². The second kappa shape index (κ2) is 4.81. The van der Waals surface area contributed by atoms with Gasteiger partial charge in [0.1, 0.15) is 6.07 Å². The van der Waals surface area contributed by atoms with Gasteiger partial charge in [0.15, 0.2) is 5.69 Å². The molecule has 84 valence electrons. The Kier molecular flexibility index (Phi) is 3.22. The van der Waals surface area contributed by atoms with Crippen molar-refractivity contribution in [3.05, 3.63) is 46.2 Å². The minimum atomic E-state index is 0.317. The van der Waals surface area contributed by atoms with Crippen LogP contribution in [-0.4, -0.2) is 15.0 Å². The van der Waals surface area contributed by atoms with E-state index >= 15 is 0 Å². The quantitative estimate of drug-likeness (QED) is 0.816. The minimum Gasteiger partial charge on any atom is -0.247 e. The van der Waals surface area contributed by atoms with Crippen LogP contribution < -0.4 is 0 Å². The number of nitriles is 1. The fourth-order valence-corrected chi connectivity index (χ4v) is 1.51. The Morgan fingerprint density at radius 3 is 2.65 bits per heavy atom. The standard InChI is InChI=1S/C12H9ClN4/c1-17-12(11(8-14)15-16-17)7-4-9-2-5-10(13)6-3-9/h2-7H,1H3/b7-4+. The lowest BCUT2D eigenvalue weighted by Gasteiger charge is -1.95. The summed E-state index contributed by atoms with van der Waals surface area (Å²) in [5.41, 5.74) is 2.00. The van der Waals surface area contributed by atoms with E-state index < -0.39 is 0 Å². The van der Waals surface area contributed by atoms with Crippen molar-refractivity contribution in [2.24, 2.45) is 7.05 Å². The fraction of sp³-hybridized carbons (Fsp3) is 0.0833. The second-order valence-corrected chi connectivity index (χ2v) is 3.88. The summed E-state index contributed by atoms with van der Waals surface area (Å²) in [4.78, 5) is 0. The topological polar surface area (TPSA) is 54.5 Å². The number of hydrogen-bond donors (Lipinski definition) is 0. The van der Waals surface area contributed by atoms with Gasteiger partial charge in [0, 0.05) is 12.1 Å². The van der Waals surface area contributed by atoms with Crippen molar-refractivity contribution in [2.75, 3.05) is 0 Å². The van der Waals surface area contributed by atoms with Crippen LogP contribution in [0.2, 0.25) is 5.02 Å². The van der Waals surface area contributed by atoms with Gasteiger partial charge in [0.25, 0.3) is 0 Å². The Labute approximate surface area is 104 Å². The zero-order valence-corrected chi connectivity index (χ0v) is 9.89. The van der Waals surface area contributed by atoms with Gasteiger partial charge in [-0.05, 0) is 23.8 Å². The molecule has 0 unspecified atom stereocenters. The molecule has 0 spiro atoms. The van der Waals surface area contributed by atoms with Crippen LogP contribution in [0, 0.1) is 11.3 Å². The molecule has 1 aromatic heterocycles. The molecule has 4 nitrogen and oxygen atoms in total. The molecule has 2 aromatic rings. The van der Waals surface area contributed by atoms with Gasteiger partial charge in [-0.1, -0.05) is 35.0 Å². The highest BCUT2D eigenvalue weighted by molar-refractivity contribution is 6.30. The number of nitrogens with zero attached hydrogens (tertiary/aromatic N) is 4. The fourth-order valence-electron chi connectivity index (χ4n) is 1.38. The van der Waals surface area contributed by atoms with E-state index in [0.29, 0.717) is 16.4 Å². The first-order chi connectivity index (χ1) is 8.20. The van der Waals surface area contributed by atoms with Gasteiger partial charge in [0.2, 0.25) is 0 Å². The molecule has 0 amide bonds. The van der Waals surface area contributed by atoms with Crippen molar-refractivity contribution in [1.82, 2.24) is 15.0 Å². The molecule has 0 N–H and O–H groups in total. The first-order valence-corrected chi connectivity index (χ1v) is 5.32. The maximum atomic E-state index is 8.85. The smallest absolute Gasteiger partial charge is 0.189 e. The van der Waals surface area contributed by atoms with Crippen LogP contribution in [0.3, 0.4) is 0 Å². The SMILES string of the molecule is Cn1nnc(C#N)c1/C=C/c1ccc(Cl)cc1. The molecule has 0 saturated carbocycles. The van der Waals surface area contributed by atoms with Crippen LogP contribution in [0.5, 0.6) is 0 Å². The van der Waals surface area contributed by atoms with Crippen molar-refractivity contribution < 1.29 is 0 Å². The molecule has 0 aliphatic heterocycles. The Balaban J connectivity index is 2.29. The summed E-state index contributed by atoms with van der Waals surface area (Å²) < 4.78 is 1.56. The zero-order valence-electron chi connectivity index (χ0n) is 9.13. The summed E-state index contributed by atoms with van der Waals surface area (Å²) in [6.07, 6.45) is 3.69. The highest BCUT2D eigenvalue weighted by Crippen LogP contribution is 2.13. The van der Waals surface area contributed by atoms with E-state index in [1.54, 1.807) is 11.7 Å². The third-order valence-corrected chi connectivity index (χ3v) is 2.53. The molecular formula is C12H9ClN4. The van der Waals surface area contributed by atoms with E-state index in [9.17, 15) is 0 Å². The van der Waals surface area contributed by atoms with Gasteiger partial charge in [-0.3, -0.25) is 0 Å². The summed E-state index contributed by atoms with van der Waals surface area (Å²) >= 11 is 5.79. The molecule has 0 atom stereocenters. The number of benzene rings is 1. The maximum absolute atomic E-state index is 8.85. The summed E-state index contributed by atoms with van der Waals surface area (Å²) in [5.74, 6) is 0. The number of rotatable bonds is 2. The monoisotopic (exact) mass is 244 g/mol. The first-order valence-electron chi connectivity index (χ1n) is 4.94. The second-order valence-electron chi connectivity index (χ2n) is 3.44. The van der Waals surface area contributed by atoms with E-state index in [-0.39, 0.29) is 0 Å². The maximum Gasteiger partial charge on any atom is 0.189 e. The van der Waals surface area contributed by atoms with Crippen molar-refractivity contribution in [1.29, 1.82) is 5.26 Å². The average Bonchev–Trinajstić information content (AvgIpc) is 2.69. The Morgan fingerprint density at radius 2 is 2.00 bits per heavy atom. The van der Waals surface area contributed by atoms with Crippen LogP contribution in [0.1, 0.15) is 17.0 Å². The van der Waals surface area contributed by atoms with Gasteiger partial charge in [-0.15, -0.1) is 5.10 Å². The highest BCUT2D eigenvalue weighted by atomic mass is 35.5. The van der Waals surface area contributed by atoms with E-state index in [0.717, 1.165) is 5.56 Å². The van der Waals surface area contributed by atoms with E-state index in [2.05, 4.69) is 10.3 Å². The molecular weight excluding hydrogens is 236 g/mol. The summed E-state index contributed by atoms with van der Waals surface area (Å²) in [5, 5.41) is 17.1. The molecule has 2 rings (SSSR count). The molecule has 17 heavy (non-hydrogen) atoms. The molecule has 0 aliphatic rings. The lowest BCUT2D eigenvalue weighted by atomic mass is 10.2. The molecule has 0 radical (unpaired) electrons. The van der Waals surface area contributed by atoms with Gasteiger partial charge < -0.3 is 0 Å². The average molecular weight is 245 g/mol. The van der Waals surface area contributed by atoms with Gasteiger partial charge in [-0.2, -0.15) is 5.26 Å². The number of aryl methyl sites for hydroxylation is 1. The third-order valence-electron chi connectivity index (χ3n) is 2.28. The first kappa shape index (κ1) is 11.4. The lowest BCUT2D eigenvalue weighted by Crippen LogP contribution is -1.93. The lowest BCUT2D eigenvalue weighted by molar-refractivity contribution is 0.709. The predicted molar refractivity (Wildman–Crippen MR) is 66.1 cm³/mol. The predicted octanol–water partition coefficient (Wildman–Crippen LogP) is 2.51. The van der Waals surface area contributed by atoms with Crippen LogP contribution >= 0.6 is 11.6 Å². The van der Waals surface area contributed by atoms with Crippen LogP contribution in [0.15, 0.2) is 24.3 Å². The van der Waals surface area contributed by atoms with Gasteiger partial charge in [0.05, 0.1) is 5.69 Å². The van der Waals surface area contributed by atoms with Crippen molar-refractivity contribution in [3.8, 4) is 6.07 Å².